The van der Waals surface area contributed by atoms with E-state index in [0.717, 1.165) is 0 Å². The molecular formula is C14H13N3O3S. The molecular weight excluding hydrogens is 290 g/mol. The summed E-state index contributed by atoms with van der Waals surface area (Å²) in [5, 5.41) is 10.9. The van der Waals surface area contributed by atoms with Gasteiger partial charge in [0.25, 0.3) is 0 Å². The van der Waals surface area contributed by atoms with Crippen molar-refractivity contribution in [3.05, 3.63) is 58.1 Å². The maximum absolute atomic E-state index is 10.9. The molecule has 0 aliphatic heterocycles. The van der Waals surface area contributed by atoms with Crippen LogP contribution in [-0.2, 0) is 0 Å². The van der Waals surface area contributed by atoms with Crippen molar-refractivity contribution in [1.82, 2.24) is 0 Å². The van der Waals surface area contributed by atoms with Crippen LogP contribution >= 0.6 is 12.6 Å². The average Bonchev–Trinajstić information content (AvgIpc) is 2.47. The van der Waals surface area contributed by atoms with Crippen LogP contribution in [0.3, 0.4) is 0 Å². The Morgan fingerprint density at radius 1 is 1.33 bits per heavy atom. The molecule has 0 radical (unpaired) electrons. The van der Waals surface area contributed by atoms with Gasteiger partial charge in [0.05, 0.1) is 4.92 Å². The van der Waals surface area contributed by atoms with Crippen LogP contribution < -0.4 is 10.5 Å². The van der Waals surface area contributed by atoms with E-state index >= 15 is 0 Å². The van der Waals surface area contributed by atoms with Crippen molar-refractivity contribution in [3.63, 3.8) is 0 Å². The van der Waals surface area contributed by atoms with Gasteiger partial charge in [0.1, 0.15) is 11.6 Å². The zero-order chi connectivity index (χ0) is 15.4. The van der Waals surface area contributed by atoms with Gasteiger partial charge >= 0.3 is 5.69 Å². The lowest BCUT2D eigenvalue weighted by atomic mass is 10.2. The second-order valence-corrected chi connectivity index (χ2v) is 4.60. The van der Waals surface area contributed by atoms with Crippen LogP contribution in [0.1, 0.15) is 5.56 Å². The van der Waals surface area contributed by atoms with Crippen molar-refractivity contribution in [1.29, 1.82) is 0 Å². The van der Waals surface area contributed by atoms with E-state index in [9.17, 15) is 10.1 Å². The van der Waals surface area contributed by atoms with E-state index in [4.69, 9.17) is 10.5 Å². The summed E-state index contributed by atoms with van der Waals surface area (Å²) in [4.78, 5) is 14.9. The molecule has 108 valence electrons. The summed E-state index contributed by atoms with van der Waals surface area (Å²) in [6.07, 6.45) is 0. The standard InChI is InChI=1S/C14H13N3O3S/c1-16-14(15)10-7-6-9(8-13(10)21)20-12-5-3-2-4-11(12)17(18)19/h2-8,21H,1H3,(H2,15,16). The number of ether oxygens (including phenoxy) is 1. The normalized spacial score (nSPS) is 11.2. The summed E-state index contributed by atoms with van der Waals surface area (Å²) < 4.78 is 5.55. The molecule has 0 fully saturated rings. The Bertz CT molecular complexity index is 716. The predicted molar refractivity (Wildman–Crippen MR) is 83.5 cm³/mol. The molecule has 0 heterocycles. The van der Waals surface area contributed by atoms with Crippen LogP contribution in [0.5, 0.6) is 11.5 Å². The second kappa shape index (κ2) is 6.27. The molecule has 0 atom stereocenters. The molecule has 0 amide bonds. The smallest absolute Gasteiger partial charge is 0.311 e. The number of nitro groups is 1. The first-order valence-corrected chi connectivity index (χ1v) is 6.44. The molecule has 21 heavy (non-hydrogen) atoms. The molecule has 2 N–H and O–H groups in total. The average molecular weight is 303 g/mol. The summed E-state index contributed by atoms with van der Waals surface area (Å²) in [5.41, 5.74) is 6.31. The van der Waals surface area contributed by atoms with Gasteiger partial charge in [0, 0.05) is 23.6 Å². The number of nitrogens with zero attached hydrogens (tertiary/aromatic N) is 2. The maximum atomic E-state index is 10.9. The monoisotopic (exact) mass is 303 g/mol. The summed E-state index contributed by atoms with van der Waals surface area (Å²) in [6, 6.07) is 11.2. The minimum Gasteiger partial charge on any atom is -0.450 e. The van der Waals surface area contributed by atoms with Crippen LogP contribution in [-0.4, -0.2) is 17.8 Å². The van der Waals surface area contributed by atoms with Crippen molar-refractivity contribution in [2.75, 3.05) is 7.05 Å². The zero-order valence-corrected chi connectivity index (χ0v) is 12.1. The molecule has 0 aromatic heterocycles. The van der Waals surface area contributed by atoms with Gasteiger partial charge in [-0.25, -0.2) is 0 Å². The van der Waals surface area contributed by atoms with E-state index < -0.39 is 4.92 Å². The van der Waals surface area contributed by atoms with Crippen molar-refractivity contribution < 1.29 is 9.66 Å². The molecule has 0 unspecified atom stereocenters. The van der Waals surface area contributed by atoms with Crippen LogP contribution in [0.25, 0.3) is 0 Å². The van der Waals surface area contributed by atoms with Gasteiger partial charge < -0.3 is 10.5 Å². The maximum Gasteiger partial charge on any atom is 0.311 e. The van der Waals surface area contributed by atoms with Gasteiger partial charge in [-0.1, -0.05) is 12.1 Å². The molecule has 0 aliphatic carbocycles. The highest BCUT2D eigenvalue weighted by Crippen LogP contribution is 2.32. The summed E-state index contributed by atoms with van der Waals surface area (Å²) >= 11 is 4.32. The molecule has 2 aromatic carbocycles. The number of nitrogens with two attached hydrogens (primary N) is 1. The molecule has 0 saturated carbocycles. The Morgan fingerprint density at radius 3 is 2.67 bits per heavy atom. The third-order valence-electron chi connectivity index (χ3n) is 2.78. The van der Waals surface area contributed by atoms with Crippen molar-refractivity contribution in [2.24, 2.45) is 10.7 Å². The Morgan fingerprint density at radius 2 is 2.05 bits per heavy atom. The third kappa shape index (κ3) is 3.32. The van der Waals surface area contributed by atoms with Gasteiger partial charge in [-0.05, 0) is 24.3 Å². The van der Waals surface area contributed by atoms with E-state index in [-0.39, 0.29) is 11.4 Å². The molecule has 0 aliphatic rings. The zero-order valence-electron chi connectivity index (χ0n) is 11.2. The Balaban J connectivity index is 2.33. The van der Waals surface area contributed by atoms with Gasteiger partial charge in [0.2, 0.25) is 5.75 Å². The molecule has 0 bridgehead atoms. The van der Waals surface area contributed by atoms with Crippen LogP contribution in [0, 0.1) is 10.1 Å². The van der Waals surface area contributed by atoms with E-state index in [1.165, 1.54) is 12.1 Å². The lowest BCUT2D eigenvalue weighted by Crippen LogP contribution is -2.13. The number of hydrogen-bond acceptors (Lipinski definition) is 5. The summed E-state index contributed by atoms with van der Waals surface area (Å²) in [6.45, 7) is 0. The highest BCUT2D eigenvalue weighted by atomic mass is 32.1. The number of para-hydroxylation sites is 2. The SMILES string of the molecule is CN=C(N)c1ccc(Oc2ccccc2[N+](=O)[O-])cc1S. The molecule has 0 spiro atoms. The first-order valence-electron chi connectivity index (χ1n) is 6.00. The number of hydrogen-bond donors (Lipinski definition) is 2. The minimum atomic E-state index is -0.493. The number of amidine groups is 1. The topological polar surface area (TPSA) is 90.8 Å². The van der Waals surface area contributed by atoms with Crippen LogP contribution in [0.4, 0.5) is 5.69 Å². The highest BCUT2D eigenvalue weighted by Gasteiger charge is 2.15. The Hall–Kier alpha value is -2.54. The Kier molecular flexibility index (Phi) is 4.44. The molecule has 0 saturated heterocycles. The fraction of sp³-hybridized carbons (Fsp3) is 0.0714. The largest absolute Gasteiger partial charge is 0.450 e. The second-order valence-electron chi connectivity index (χ2n) is 4.11. The molecule has 2 aromatic rings. The quantitative estimate of drug-likeness (QED) is 0.299. The summed E-state index contributed by atoms with van der Waals surface area (Å²) in [5.74, 6) is 0.958. The van der Waals surface area contributed by atoms with E-state index in [2.05, 4.69) is 17.6 Å². The minimum absolute atomic E-state index is 0.100. The first kappa shape index (κ1) is 14.9. The summed E-state index contributed by atoms with van der Waals surface area (Å²) in [7, 11) is 1.58. The van der Waals surface area contributed by atoms with Crippen LogP contribution in [0.15, 0.2) is 52.4 Å². The number of benzene rings is 2. The van der Waals surface area contributed by atoms with Crippen LogP contribution in [0.2, 0.25) is 0 Å². The number of aliphatic imine (C=N–C) groups is 1. The number of thiol groups is 1. The highest BCUT2D eigenvalue weighted by molar-refractivity contribution is 7.80. The van der Waals surface area contributed by atoms with E-state index in [1.54, 1.807) is 37.4 Å². The van der Waals surface area contributed by atoms with Crippen molar-refractivity contribution >= 4 is 24.2 Å². The van der Waals surface area contributed by atoms with Gasteiger partial charge in [-0.15, -0.1) is 12.6 Å². The fourth-order valence-electron chi connectivity index (χ4n) is 1.73. The fourth-order valence-corrected chi connectivity index (χ4v) is 2.05. The third-order valence-corrected chi connectivity index (χ3v) is 3.15. The molecule has 2 rings (SSSR count). The van der Waals surface area contributed by atoms with Gasteiger partial charge in [0.15, 0.2) is 0 Å². The lowest BCUT2D eigenvalue weighted by molar-refractivity contribution is -0.385. The van der Waals surface area contributed by atoms with Gasteiger partial charge in [-0.3, -0.25) is 15.1 Å². The number of rotatable bonds is 4. The lowest BCUT2D eigenvalue weighted by Gasteiger charge is -2.09. The van der Waals surface area contributed by atoms with Crippen molar-refractivity contribution in [2.45, 2.75) is 4.90 Å². The van der Waals surface area contributed by atoms with E-state index in [1.807, 2.05) is 0 Å². The molecule has 7 heteroatoms. The van der Waals surface area contributed by atoms with E-state index in [0.29, 0.717) is 22.0 Å². The number of nitro benzene ring substituents is 1. The Labute approximate surface area is 126 Å². The molecule has 6 nitrogen and oxygen atoms in total. The van der Waals surface area contributed by atoms with Crippen molar-refractivity contribution in [3.8, 4) is 11.5 Å². The predicted octanol–water partition coefficient (Wildman–Crippen LogP) is 3.01. The first-order chi connectivity index (χ1) is 10.0. The van der Waals surface area contributed by atoms with Gasteiger partial charge in [-0.2, -0.15) is 0 Å².